The van der Waals surface area contributed by atoms with Crippen LogP contribution in [0.1, 0.15) is 17.0 Å². The van der Waals surface area contributed by atoms with Gasteiger partial charge < -0.3 is 0 Å². The molecule has 2 N–H and O–H groups in total. The fraction of sp³-hybridized carbons (Fsp3) is 0.400. The molecule has 1 heterocycles. The minimum absolute atomic E-state index is 0.0589. The molecule has 0 saturated carbocycles. The van der Waals surface area contributed by atoms with Gasteiger partial charge in [0.1, 0.15) is 0 Å². The summed E-state index contributed by atoms with van der Waals surface area (Å²) in [5.74, 6) is -0.0589. The first-order valence-corrected chi connectivity index (χ1v) is 8.81. The molecule has 0 atom stereocenters. The molecular formula is C15H22N4O2S. The zero-order valence-corrected chi connectivity index (χ0v) is 13.8. The number of rotatable bonds is 7. The molecule has 0 radical (unpaired) electrons. The lowest BCUT2D eigenvalue weighted by molar-refractivity contribution is 0.265. The van der Waals surface area contributed by atoms with Crippen molar-refractivity contribution >= 4 is 10.0 Å². The van der Waals surface area contributed by atoms with Gasteiger partial charge in [-0.2, -0.15) is 5.10 Å². The molecule has 0 saturated heterocycles. The third-order valence-electron chi connectivity index (χ3n) is 3.43. The molecule has 0 aliphatic rings. The van der Waals surface area contributed by atoms with Crippen LogP contribution in [0.4, 0.5) is 0 Å². The number of aryl methyl sites for hydroxylation is 2. The van der Waals surface area contributed by atoms with E-state index in [9.17, 15) is 8.42 Å². The van der Waals surface area contributed by atoms with Crippen molar-refractivity contribution < 1.29 is 8.42 Å². The van der Waals surface area contributed by atoms with Crippen molar-refractivity contribution in [2.24, 2.45) is 12.2 Å². The summed E-state index contributed by atoms with van der Waals surface area (Å²) in [6.45, 7) is 3.62. The maximum absolute atomic E-state index is 11.2. The van der Waals surface area contributed by atoms with Crippen LogP contribution in [-0.4, -0.2) is 35.4 Å². The SMILES string of the molecule is Cc1cc(CN(CCS(N)(=O)=O)Cc2ccccc2)n(C)n1. The maximum Gasteiger partial charge on any atom is 0.210 e. The molecule has 2 rings (SSSR count). The normalized spacial score (nSPS) is 12.0. The van der Waals surface area contributed by atoms with E-state index in [0.29, 0.717) is 19.6 Å². The van der Waals surface area contributed by atoms with E-state index in [4.69, 9.17) is 5.14 Å². The van der Waals surface area contributed by atoms with Crippen LogP contribution < -0.4 is 5.14 Å². The predicted molar refractivity (Wildman–Crippen MR) is 86.5 cm³/mol. The summed E-state index contributed by atoms with van der Waals surface area (Å²) >= 11 is 0. The van der Waals surface area contributed by atoms with Gasteiger partial charge in [-0.15, -0.1) is 0 Å². The third-order valence-corrected chi connectivity index (χ3v) is 4.18. The minimum Gasteiger partial charge on any atom is -0.292 e. The van der Waals surface area contributed by atoms with Gasteiger partial charge >= 0.3 is 0 Å². The van der Waals surface area contributed by atoms with E-state index < -0.39 is 10.0 Å². The summed E-state index contributed by atoms with van der Waals surface area (Å²) in [5.41, 5.74) is 3.13. The van der Waals surface area contributed by atoms with Crippen molar-refractivity contribution in [3.05, 3.63) is 53.3 Å². The van der Waals surface area contributed by atoms with Gasteiger partial charge in [0.15, 0.2) is 0 Å². The zero-order chi connectivity index (χ0) is 16.2. The summed E-state index contributed by atoms with van der Waals surface area (Å²) < 4.78 is 24.3. The fourth-order valence-electron chi connectivity index (χ4n) is 2.35. The first-order valence-electron chi connectivity index (χ1n) is 7.10. The van der Waals surface area contributed by atoms with Gasteiger partial charge in [0.2, 0.25) is 10.0 Å². The lowest BCUT2D eigenvalue weighted by Crippen LogP contribution is -2.31. The molecule has 1 aromatic heterocycles. The van der Waals surface area contributed by atoms with Crippen LogP contribution in [0.5, 0.6) is 0 Å². The smallest absolute Gasteiger partial charge is 0.210 e. The highest BCUT2D eigenvalue weighted by molar-refractivity contribution is 7.89. The molecule has 0 amide bonds. The summed E-state index contributed by atoms with van der Waals surface area (Å²) in [5, 5.41) is 9.46. The topological polar surface area (TPSA) is 81.2 Å². The van der Waals surface area contributed by atoms with Crippen LogP contribution in [-0.2, 0) is 30.2 Å². The van der Waals surface area contributed by atoms with Crippen LogP contribution in [0.2, 0.25) is 0 Å². The Kier molecular flexibility index (Phi) is 5.33. The average molecular weight is 322 g/mol. The molecule has 1 aromatic carbocycles. The van der Waals surface area contributed by atoms with Crippen molar-refractivity contribution in [1.29, 1.82) is 0 Å². The monoisotopic (exact) mass is 322 g/mol. The number of nitrogens with two attached hydrogens (primary N) is 1. The van der Waals surface area contributed by atoms with E-state index in [1.807, 2.05) is 55.1 Å². The summed E-state index contributed by atoms with van der Waals surface area (Å²) in [4.78, 5) is 2.07. The largest absolute Gasteiger partial charge is 0.292 e. The Labute approximate surface area is 131 Å². The molecular weight excluding hydrogens is 300 g/mol. The van der Waals surface area contributed by atoms with Crippen LogP contribution >= 0.6 is 0 Å². The predicted octanol–water partition coefficient (Wildman–Crippen LogP) is 1.02. The van der Waals surface area contributed by atoms with E-state index in [0.717, 1.165) is 17.0 Å². The van der Waals surface area contributed by atoms with Crippen molar-refractivity contribution in [2.45, 2.75) is 20.0 Å². The molecule has 0 unspecified atom stereocenters. The Balaban J connectivity index is 2.12. The van der Waals surface area contributed by atoms with Crippen LogP contribution in [0.25, 0.3) is 0 Å². The van der Waals surface area contributed by atoms with Crippen LogP contribution in [0.15, 0.2) is 36.4 Å². The molecule has 7 heteroatoms. The molecule has 22 heavy (non-hydrogen) atoms. The Morgan fingerprint density at radius 3 is 2.45 bits per heavy atom. The van der Waals surface area contributed by atoms with E-state index in [1.54, 1.807) is 0 Å². The molecule has 0 aliphatic carbocycles. The number of aromatic nitrogens is 2. The van der Waals surface area contributed by atoms with Gasteiger partial charge in [-0.3, -0.25) is 9.58 Å². The first kappa shape index (κ1) is 16.7. The minimum atomic E-state index is -3.47. The van der Waals surface area contributed by atoms with E-state index in [2.05, 4.69) is 10.00 Å². The quantitative estimate of drug-likeness (QED) is 0.825. The maximum atomic E-state index is 11.2. The molecule has 6 nitrogen and oxygen atoms in total. The Morgan fingerprint density at radius 2 is 1.91 bits per heavy atom. The number of hydrogen-bond donors (Lipinski definition) is 1. The molecule has 0 spiro atoms. The first-order chi connectivity index (χ1) is 10.3. The van der Waals surface area contributed by atoms with E-state index in [-0.39, 0.29) is 5.75 Å². The number of primary sulfonamides is 1. The molecule has 0 fully saturated rings. The standard InChI is InChI=1S/C15H22N4O2S/c1-13-10-15(18(2)17-13)12-19(8-9-22(16,20)21)11-14-6-4-3-5-7-14/h3-7,10H,8-9,11-12H2,1-2H3,(H2,16,20,21). The van der Waals surface area contributed by atoms with E-state index in [1.165, 1.54) is 0 Å². The van der Waals surface area contributed by atoms with Crippen molar-refractivity contribution in [2.75, 3.05) is 12.3 Å². The fourth-order valence-corrected chi connectivity index (χ4v) is 2.87. The summed E-state index contributed by atoms with van der Waals surface area (Å²) in [7, 11) is -1.58. The average Bonchev–Trinajstić information content (AvgIpc) is 2.74. The van der Waals surface area contributed by atoms with E-state index >= 15 is 0 Å². The Hall–Kier alpha value is -1.70. The zero-order valence-electron chi connectivity index (χ0n) is 12.9. The van der Waals surface area contributed by atoms with Gasteiger partial charge in [-0.25, -0.2) is 13.6 Å². The van der Waals surface area contributed by atoms with Gasteiger partial charge in [-0.05, 0) is 18.6 Å². The number of hydrogen-bond acceptors (Lipinski definition) is 4. The summed E-state index contributed by atoms with van der Waals surface area (Å²) in [6, 6.07) is 12.0. The molecule has 0 bridgehead atoms. The third kappa shape index (κ3) is 5.25. The highest BCUT2D eigenvalue weighted by Crippen LogP contribution is 2.11. The van der Waals surface area contributed by atoms with Gasteiger partial charge in [0, 0.05) is 26.7 Å². The molecule has 120 valence electrons. The number of benzene rings is 1. The van der Waals surface area contributed by atoms with Crippen LogP contribution in [0, 0.1) is 6.92 Å². The lowest BCUT2D eigenvalue weighted by atomic mass is 10.2. The highest BCUT2D eigenvalue weighted by Gasteiger charge is 2.13. The Morgan fingerprint density at radius 1 is 1.23 bits per heavy atom. The van der Waals surface area contributed by atoms with Crippen LogP contribution in [0.3, 0.4) is 0 Å². The van der Waals surface area contributed by atoms with Gasteiger partial charge in [0.05, 0.1) is 17.1 Å². The van der Waals surface area contributed by atoms with Crippen molar-refractivity contribution in [1.82, 2.24) is 14.7 Å². The van der Waals surface area contributed by atoms with Gasteiger partial charge in [0.25, 0.3) is 0 Å². The Bertz CT molecular complexity index is 710. The second kappa shape index (κ2) is 7.04. The number of nitrogens with zero attached hydrogens (tertiary/aromatic N) is 3. The second-order valence-electron chi connectivity index (χ2n) is 5.46. The molecule has 0 aliphatic heterocycles. The van der Waals surface area contributed by atoms with Crippen molar-refractivity contribution in [3.8, 4) is 0 Å². The molecule has 2 aromatic rings. The highest BCUT2D eigenvalue weighted by atomic mass is 32.2. The van der Waals surface area contributed by atoms with Gasteiger partial charge in [-0.1, -0.05) is 30.3 Å². The number of sulfonamides is 1. The second-order valence-corrected chi connectivity index (χ2v) is 7.20. The summed E-state index contributed by atoms with van der Waals surface area (Å²) in [6.07, 6.45) is 0. The lowest BCUT2D eigenvalue weighted by Gasteiger charge is -2.22. The van der Waals surface area contributed by atoms with Crippen molar-refractivity contribution in [3.63, 3.8) is 0 Å².